The van der Waals surface area contributed by atoms with Crippen LogP contribution in [-0.2, 0) is 10.2 Å². The summed E-state index contributed by atoms with van der Waals surface area (Å²) in [7, 11) is -1.68. The first-order valence-electron chi connectivity index (χ1n) is 8.08. The maximum absolute atomic E-state index is 12.6. The highest BCUT2D eigenvalue weighted by Gasteiger charge is 2.30. The molecular weight excluding hydrogens is 334 g/mol. The van der Waals surface area contributed by atoms with Gasteiger partial charge in [0.25, 0.3) is 10.2 Å². The van der Waals surface area contributed by atoms with Gasteiger partial charge < -0.3 is 4.90 Å². The Labute approximate surface area is 145 Å². The van der Waals surface area contributed by atoms with Crippen LogP contribution >= 0.6 is 11.6 Å². The van der Waals surface area contributed by atoms with Crippen LogP contribution in [0, 0.1) is 6.92 Å². The van der Waals surface area contributed by atoms with E-state index in [-0.39, 0.29) is 0 Å². The second kappa shape index (κ2) is 7.83. The van der Waals surface area contributed by atoms with Gasteiger partial charge in [0.2, 0.25) is 0 Å². The summed E-state index contributed by atoms with van der Waals surface area (Å²) in [5.74, 6) is 0. The average molecular weight is 360 g/mol. The Morgan fingerprint density at radius 1 is 1.22 bits per heavy atom. The van der Waals surface area contributed by atoms with Crippen molar-refractivity contribution in [2.45, 2.75) is 26.7 Å². The zero-order valence-corrected chi connectivity index (χ0v) is 15.7. The molecule has 130 valence electrons. The molecule has 1 heterocycles. The molecule has 1 aliphatic heterocycles. The van der Waals surface area contributed by atoms with E-state index in [9.17, 15) is 8.42 Å². The molecule has 1 saturated heterocycles. The Morgan fingerprint density at radius 2 is 1.87 bits per heavy atom. The Bertz CT molecular complexity index is 628. The van der Waals surface area contributed by atoms with Gasteiger partial charge in [0.1, 0.15) is 0 Å². The molecule has 1 fully saturated rings. The first kappa shape index (κ1) is 18.5. The molecule has 1 aromatic carbocycles. The fourth-order valence-electron chi connectivity index (χ4n) is 2.78. The Kier molecular flexibility index (Phi) is 6.31. The van der Waals surface area contributed by atoms with Gasteiger partial charge in [0.05, 0.1) is 0 Å². The van der Waals surface area contributed by atoms with Crippen molar-refractivity contribution in [3.63, 3.8) is 0 Å². The largest absolute Gasteiger partial charge is 0.369 e. The first-order valence-corrected chi connectivity index (χ1v) is 9.86. The van der Waals surface area contributed by atoms with E-state index in [0.29, 0.717) is 37.7 Å². The average Bonchev–Trinajstić information content (AvgIpc) is 2.55. The lowest BCUT2D eigenvalue weighted by molar-refractivity contribution is 0.340. The Morgan fingerprint density at radius 3 is 2.48 bits per heavy atom. The maximum Gasteiger partial charge on any atom is 0.281 e. The fraction of sp³-hybridized carbons (Fsp3) is 0.625. The minimum Gasteiger partial charge on any atom is -0.369 e. The number of halogens is 1. The molecule has 0 aromatic heterocycles. The predicted molar refractivity (Wildman–Crippen MR) is 96.4 cm³/mol. The van der Waals surface area contributed by atoms with E-state index >= 15 is 0 Å². The minimum atomic E-state index is -3.34. The van der Waals surface area contributed by atoms with Crippen molar-refractivity contribution in [3.8, 4) is 0 Å². The van der Waals surface area contributed by atoms with Gasteiger partial charge in [-0.2, -0.15) is 17.0 Å². The van der Waals surface area contributed by atoms with Crippen molar-refractivity contribution in [1.82, 2.24) is 8.61 Å². The molecule has 1 aliphatic rings. The number of nitrogens with zero attached hydrogens (tertiary/aromatic N) is 3. The molecule has 0 radical (unpaired) electrons. The zero-order valence-electron chi connectivity index (χ0n) is 14.1. The lowest BCUT2D eigenvalue weighted by Gasteiger charge is -2.37. The van der Waals surface area contributed by atoms with Crippen LogP contribution in [-0.4, -0.2) is 56.8 Å². The molecule has 0 bridgehead atoms. The Balaban J connectivity index is 2.02. The summed E-state index contributed by atoms with van der Waals surface area (Å²) in [4.78, 5) is 2.21. The van der Waals surface area contributed by atoms with E-state index in [4.69, 9.17) is 11.6 Å². The molecule has 0 amide bonds. The van der Waals surface area contributed by atoms with Crippen LogP contribution in [0.4, 0.5) is 5.69 Å². The molecule has 5 nitrogen and oxygen atoms in total. The van der Waals surface area contributed by atoms with Gasteiger partial charge in [-0.25, -0.2) is 0 Å². The maximum atomic E-state index is 12.6. The lowest BCUT2D eigenvalue weighted by atomic mass is 10.1. The normalized spacial score (nSPS) is 17.0. The van der Waals surface area contributed by atoms with E-state index in [1.807, 2.05) is 25.1 Å². The monoisotopic (exact) mass is 359 g/mol. The van der Waals surface area contributed by atoms with Crippen LogP contribution in [0.1, 0.15) is 25.3 Å². The van der Waals surface area contributed by atoms with E-state index in [2.05, 4.69) is 11.8 Å². The molecule has 0 aliphatic carbocycles. The summed E-state index contributed by atoms with van der Waals surface area (Å²) in [6, 6.07) is 5.83. The van der Waals surface area contributed by atoms with Crippen LogP contribution in [0.3, 0.4) is 0 Å². The van der Waals surface area contributed by atoms with Gasteiger partial charge in [-0.3, -0.25) is 0 Å². The van der Waals surface area contributed by atoms with Crippen molar-refractivity contribution in [2.24, 2.45) is 0 Å². The van der Waals surface area contributed by atoms with Crippen molar-refractivity contribution < 1.29 is 8.42 Å². The van der Waals surface area contributed by atoms with Crippen molar-refractivity contribution in [1.29, 1.82) is 0 Å². The number of hydrogen-bond acceptors (Lipinski definition) is 3. The summed E-state index contributed by atoms with van der Waals surface area (Å²) in [6.45, 7) is 7.06. The number of aryl methyl sites for hydroxylation is 1. The second-order valence-corrected chi connectivity index (χ2v) is 8.47. The number of rotatable bonds is 6. The smallest absolute Gasteiger partial charge is 0.281 e. The van der Waals surface area contributed by atoms with Gasteiger partial charge in [0.15, 0.2) is 0 Å². The number of hydrogen-bond donors (Lipinski definition) is 0. The third kappa shape index (κ3) is 4.38. The van der Waals surface area contributed by atoms with Crippen LogP contribution in [0.25, 0.3) is 0 Å². The van der Waals surface area contributed by atoms with Gasteiger partial charge in [0, 0.05) is 50.5 Å². The second-order valence-electron chi connectivity index (χ2n) is 6.00. The minimum absolute atomic E-state index is 0.505. The molecule has 7 heteroatoms. The lowest BCUT2D eigenvalue weighted by Crippen LogP contribution is -2.52. The van der Waals surface area contributed by atoms with E-state index < -0.39 is 10.2 Å². The van der Waals surface area contributed by atoms with E-state index in [1.165, 1.54) is 4.31 Å². The molecule has 0 N–H and O–H groups in total. The molecule has 0 unspecified atom stereocenters. The molecule has 2 rings (SSSR count). The molecule has 0 spiro atoms. The van der Waals surface area contributed by atoms with Gasteiger partial charge in [-0.15, -0.1) is 0 Å². The number of anilines is 1. The summed E-state index contributed by atoms with van der Waals surface area (Å²) >= 11 is 6.09. The van der Waals surface area contributed by atoms with E-state index in [0.717, 1.165) is 24.1 Å². The molecule has 0 saturated carbocycles. The van der Waals surface area contributed by atoms with Crippen molar-refractivity contribution in [2.75, 3.05) is 44.7 Å². The standard InChI is InChI=1S/C16H26ClN3O2S/c1-4-5-8-18(3)23(21,22)20-11-9-19(10-12-20)16-13-15(17)7-6-14(16)2/h6-7,13H,4-5,8-12H2,1-3H3. The topological polar surface area (TPSA) is 43.9 Å². The van der Waals surface area contributed by atoms with E-state index in [1.54, 1.807) is 11.4 Å². The summed E-state index contributed by atoms with van der Waals surface area (Å²) in [5.41, 5.74) is 2.25. The summed E-state index contributed by atoms with van der Waals surface area (Å²) in [5, 5.41) is 0.708. The number of unbranched alkanes of at least 4 members (excludes halogenated alkanes) is 1. The molecule has 1 aromatic rings. The molecule has 0 atom stereocenters. The highest BCUT2D eigenvalue weighted by atomic mass is 35.5. The van der Waals surface area contributed by atoms with Crippen LogP contribution < -0.4 is 4.90 Å². The summed E-state index contributed by atoms with van der Waals surface area (Å²) < 4.78 is 28.2. The number of benzene rings is 1. The van der Waals surface area contributed by atoms with Crippen molar-refractivity contribution >= 4 is 27.5 Å². The third-order valence-electron chi connectivity index (χ3n) is 4.30. The van der Waals surface area contributed by atoms with Crippen LogP contribution in [0.2, 0.25) is 5.02 Å². The highest BCUT2D eigenvalue weighted by molar-refractivity contribution is 7.86. The van der Waals surface area contributed by atoms with Gasteiger partial charge in [-0.05, 0) is 31.0 Å². The zero-order chi connectivity index (χ0) is 17.0. The molecular formula is C16H26ClN3O2S. The highest BCUT2D eigenvalue weighted by Crippen LogP contribution is 2.26. The fourth-order valence-corrected chi connectivity index (χ4v) is 4.32. The van der Waals surface area contributed by atoms with Crippen LogP contribution in [0.5, 0.6) is 0 Å². The third-order valence-corrected chi connectivity index (χ3v) is 6.52. The molecule has 23 heavy (non-hydrogen) atoms. The summed E-state index contributed by atoms with van der Waals surface area (Å²) in [6.07, 6.45) is 1.87. The SMILES string of the molecule is CCCCN(C)S(=O)(=O)N1CCN(c2cc(Cl)ccc2C)CC1. The number of piperazine rings is 1. The van der Waals surface area contributed by atoms with Crippen LogP contribution in [0.15, 0.2) is 18.2 Å². The first-order chi connectivity index (χ1) is 10.9. The Hall–Kier alpha value is -0.820. The quantitative estimate of drug-likeness (QED) is 0.784. The predicted octanol–water partition coefficient (Wildman–Crippen LogP) is 2.75. The van der Waals surface area contributed by atoms with Gasteiger partial charge in [-0.1, -0.05) is 31.0 Å². The van der Waals surface area contributed by atoms with Gasteiger partial charge >= 0.3 is 0 Å². The van der Waals surface area contributed by atoms with Crippen molar-refractivity contribution in [3.05, 3.63) is 28.8 Å².